The minimum atomic E-state index is -4.50. The maximum Gasteiger partial charge on any atom is 0.422 e. The van der Waals surface area contributed by atoms with E-state index in [1.807, 2.05) is 0 Å². The molecule has 1 atom stereocenters. The lowest BCUT2D eigenvalue weighted by Gasteiger charge is -2.19. The standard InChI is InChI=1S/C19H16F4N6O/c1-11(14-6-13(20)2-3-16(14)30-10-19(21,22)23)27-17-4-5-29-18(28-17)15(9-26-29)12-7-24-25-8-12/h2-9,11H,10H2,1H3,(H,24,25)(H,27,28)/t11-/m1/s1. The van der Waals surface area contributed by atoms with Gasteiger partial charge in [0.1, 0.15) is 17.4 Å². The number of aromatic amines is 1. The van der Waals surface area contributed by atoms with Gasteiger partial charge in [0.15, 0.2) is 12.3 Å². The van der Waals surface area contributed by atoms with Crippen LogP contribution < -0.4 is 10.1 Å². The Labute approximate surface area is 167 Å². The first-order valence-corrected chi connectivity index (χ1v) is 8.89. The lowest BCUT2D eigenvalue weighted by molar-refractivity contribution is -0.153. The first-order chi connectivity index (χ1) is 14.3. The van der Waals surface area contributed by atoms with Crippen molar-refractivity contribution in [2.24, 2.45) is 0 Å². The van der Waals surface area contributed by atoms with Gasteiger partial charge >= 0.3 is 6.18 Å². The molecule has 0 bridgehead atoms. The normalized spacial score (nSPS) is 12.8. The molecule has 0 fully saturated rings. The number of alkyl halides is 3. The van der Waals surface area contributed by atoms with Crippen LogP contribution in [0.2, 0.25) is 0 Å². The summed E-state index contributed by atoms with van der Waals surface area (Å²) >= 11 is 0. The number of halogens is 4. The zero-order valence-corrected chi connectivity index (χ0v) is 15.6. The number of anilines is 1. The number of H-pyrrole nitrogens is 1. The van der Waals surface area contributed by atoms with Crippen molar-refractivity contribution in [1.29, 1.82) is 0 Å². The molecule has 3 heterocycles. The number of fused-ring (bicyclic) bond motifs is 1. The molecule has 30 heavy (non-hydrogen) atoms. The van der Waals surface area contributed by atoms with E-state index >= 15 is 0 Å². The average Bonchev–Trinajstić information content (AvgIpc) is 3.35. The Bertz CT molecular complexity index is 1160. The third kappa shape index (κ3) is 4.19. The highest BCUT2D eigenvalue weighted by Gasteiger charge is 2.29. The second-order valence-corrected chi connectivity index (χ2v) is 6.58. The van der Waals surface area contributed by atoms with Gasteiger partial charge in [-0.3, -0.25) is 5.10 Å². The minimum absolute atomic E-state index is 0.0572. The first-order valence-electron chi connectivity index (χ1n) is 8.89. The Morgan fingerprint density at radius 2 is 2.07 bits per heavy atom. The summed E-state index contributed by atoms with van der Waals surface area (Å²) in [5.74, 6) is -0.205. The molecule has 11 heteroatoms. The van der Waals surface area contributed by atoms with Crippen LogP contribution in [0.3, 0.4) is 0 Å². The highest BCUT2D eigenvalue weighted by atomic mass is 19.4. The van der Waals surface area contributed by atoms with Crippen molar-refractivity contribution in [3.63, 3.8) is 0 Å². The van der Waals surface area contributed by atoms with Crippen LogP contribution in [0.4, 0.5) is 23.4 Å². The Balaban J connectivity index is 1.61. The Morgan fingerprint density at radius 3 is 2.80 bits per heavy atom. The Morgan fingerprint density at radius 1 is 1.23 bits per heavy atom. The second-order valence-electron chi connectivity index (χ2n) is 6.58. The molecule has 0 saturated heterocycles. The van der Waals surface area contributed by atoms with E-state index in [0.29, 0.717) is 11.5 Å². The van der Waals surface area contributed by atoms with Crippen molar-refractivity contribution in [3.05, 3.63) is 60.4 Å². The van der Waals surface area contributed by atoms with Crippen LogP contribution in [0.1, 0.15) is 18.5 Å². The second kappa shape index (κ2) is 7.65. The summed E-state index contributed by atoms with van der Waals surface area (Å²) in [6, 6.07) is 4.44. The number of rotatable bonds is 6. The number of nitrogens with zero attached hydrogens (tertiary/aromatic N) is 4. The van der Waals surface area contributed by atoms with Gasteiger partial charge in [-0.05, 0) is 31.2 Å². The zero-order valence-electron chi connectivity index (χ0n) is 15.6. The fraction of sp³-hybridized carbons (Fsp3) is 0.211. The zero-order chi connectivity index (χ0) is 21.3. The molecule has 0 aliphatic carbocycles. The molecule has 4 rings (SSSR count). The molecule has 0 unspecified atom stereocenters. The number of benzene rings is 1. The van der Waals surface area contributed by atoms with Gasteiger partial charge in [-0.25, -0.2) is 13.9 Å². The van der Waals surface area contributed by atoms with Crippen LogP contribution in [0.15, 0.2) is 49.1 Å². The maximum absolute atomic E-state index is 13.8. The Kier molecular flexibility index (Phi) is 5.02. The van der Waals surface area contributed by atoms with E-state index in [2.05, 4.69) is 25.6 Å². The molecule has 7 nitrogen and oxygen atoms in total. The fourth-order valence-corrected chi connectivity index (χ4v) is 3.00. The summed E-state index contributed by atoms with van der Waals surface area (Å²) in [4.78, 5) is 4.53. The lowest BCUT2D eigenvalue weighted by Crippen LogP contribution is -2.20. The van der Waals surface area contributed by atoms with E-state index in [4.69, 9.17) is 4.74 Å². The predicted molar refractivity (Wildman–Crippen MR) is 101 cm³/mol. The summed E-state index contributed by atoms with van der Waals surface area (Å²) < 4.78 is 57.8. The van der Waals surface area contributed by atoms with Crippen LogP contribution >= 0.6 is 0 Å². The van der Waals surface area contributed by atoms with E-state index in [1.54, 1.807) is 42.3 Å². The monoisotopic (exact) mass is 420 g/mol. The van der Waals surface area contributed by atoms with E-state index in [0.717, 1.165) is 23.3 Å². The highest BCUT2D eigenvalue weighted by molar-refractivity contribution is 5.76. The van der Waals surface area contributed by atoms with Gasteiger partial charge in [0.05, 0.1) is 18.4 Å². The highest BCUT2D eigenvalue weighted by Crippen LogP contribution is 2.30. The predicted octanol–water partition coefficient (Wildman–Crippen LogP) is 4.37. The number of hydrogen-bond donors (Lipinski definition) is 2. The van der Waals surface area contributed by atoms with Crippen molar-refractivity contribution in [2.75, 3.05) is 11.9 Å². The third-order valence-electron chi connectivity index (χ3n) is 4.37. The minimum Gasteiger partial charge on any atom is -0.484 e. The quantitative estimate of drug-likeness (QED) is 0.453. The first kappa shape index (κ1) is 19.7. The molecule has 1 aromatic carbocycles. The molecule has 156 valence electrons. The van der Waals surface area contributed by atoms with Gasteiger partial charge in [-0.2, -0.15) is 23.4 Å². The summed E-state index contributed by atoms with van der Waals surface area (Å²) in [7, 11) is 0. The smallest absolute Gasteiger partial charge is 0.422 e. The van der Waals surface area contributed by atoms with E-state index in [1.165, 1.54) is 6.07 Å². The van der Waals surface area contributed by atoms with Gasteiger partial charge in [-0.1, -0.05) is 0 Å². The summed E-state index contributed by atoms with van der Waals surface area (Å²) in [6.07, 6.45) is 2.18. The summed E-state index contributed by atoms with van der Waals surface area (Å²) in [5, 5.41) is 13.9. The molecule has 0 radical (unpaired) electrons. The van der Waals surface area contributed by atoms with Gasteiger partial charge in [0.2, 0.25) is 0 Å². The molecule has 3 aromatic heterocycles. The van der Waals surface area contributed by atoms with Gasteiger partial charge in [-0.15, -0.1) is 0 Å². The van der Waals surface area contributed by atoms with Gasteiger partial charge in [0.25, 0.3) is 0 Å². The number of aromatic nitrogens is 5. The number of nitrogens with one attached hydrogen (secondary N) is 2. The van der Waals surface area contributed by atoms with Crippen LogP contribution in [0, 0.1) is 5.82 Å². The average molecular weight is 420 g/mol. The SMILES string of the molecule is C[C@@H](Nc1ccn2ncc(-c3cn[nH]c3)c2n1)c1cc(F)ccc1OCC(F)(F)F. The van der Waals surface area contributed by atoms with Crippen molar-refractivity contribution in [1.82, 2.24) is 24.8 Å². The van der Waals surface area contributed by atoms with E-state index < -0.39 is 24.6 Å². The molecule has 0 amide bonds. The van der Waals surface area contributed by atoms with Crippen LogP contribution in [-0.4, -0.2) is 37.6 Å². The molecule has 0 aliphatic rings. The van der Waals surface area contributed by atoms with Crippen molar-refractivity contribution in [2.45, 2.75) is 19.1 Å². The number of ether oxygens (including phenoxy) is 1. The van der Waals surface area contributed by atoms with Crippen molar-refractivity contribution < 1.29 is 22.3 Å². The molecule has 4 aromatic rings. The lowest BCUT2D eigenvalue weighted by atomic mass is 10.1. The van der Waals surface area contributed by atoms with Crippen LogP contribution in [0.25, 0.3) is 16.8 Å². The summed E-state index contributed by atoms with van der Waals surface area (Å²) in [6.45, 7) is 0.209. The molecular formula is C19H16F4N6O. The molecular weight excluding hydrogens is 404 g/mol. The van der Waals surface area contributed by atoms with Gasteiger partial charge < -0.3 is 10.1 Å². The topological polar surface area (TPSA) is 80.1 Å². The molecule has 0 spiro atoms. The van der Waals surface area contributed by atoms with E-state index in [-0.39, 0.29) is 11.3 Å². The third-order valence-corrected chi connectivity index (χ3v) is 4.37. The summed E-state index contributed by atoms with van der Waals surface area (Å²) in [5.41, 5.74) is 2.35. The van der Waals surface area contributed by atoms with Crippen LogP contribution in [0.5, 0.6) is 5.75 Å². The van der Waals surface area contributed by atoms with Crippen LogP contribution in [-0.2, 0) is 0 Å². The molecule has 0 aliphatic heterocycles. The van der Waals surface area contributed by atoms with Crippen molar-refractivity contribution in [3.8, 4) is 16.9 Å². The maximum atomic E-state index is 13.8. The molecule has 2 N–H and O–H groups in total. The number of hydrogen-bond acceptors (Lipinski definition) is 5. The largest absolute Gasteiger partial charge is 0.484 e. The Hall–Kier alpha value is -3.63. The van der Waals surface area contributed by atoms with E-state index in [9.17, 15) is 17.6 Å². The molecule has 0 saturated carbocycles. The van der Waals surface area contributed by atoms with Crippen molar-refractivity contribution >= 4 is 11.5 Å². The fourth-order valence-electron chi connectivity index (χ4n) is 3.00. The van der Waals surface area contributed by atoms with Gasteiger partial charge in [0, 0.05) is 29.1 Å².